The maximum Gasteiger partial charge on any atom is 0.258 e. The molecule has 1 amide bonds. The minimum absolute atomic E-state index is 0.0519. The molecule has 0 aliphatic rings. The van der Waals surface area contributed by atoms with Crippen molar-refractivity contribution in [2.75, 3.05) is 6.26 Å². The number of sulfonamides is 1. The molecule has 0 aliphatic heterocycles. The molecule has 4 N–H and O–H groups in total. The van der Waals surface area contributed by atoms with Gasteiger partial charge >= 0.3 is 0 Å². The van der Waals surface area contributed by atoms with Crippen LogP contribution < -0.4 is 10.5 Å². The van der Waals surface area contributed by atoms with Crippen molar-refractivity contribution in [1.82, 2.24) is 4.72 Å². The van der Waals surface area contributed by atoms with Crippen LogP contribution >= 0.6 is 0 Å². The molecule has 2 aromatic rings. The third-order valence-corrected chi connectivity index (χ3v) is 4.10. The lowest BCUT2D eigenvalue weighted by Crippen LogP contribution is -2.42. The number of rotatable bonds is 6. The number of hydrogen-bond acceptors (Lipinski definition) is 4. The van der Waals surface area contributed by atoms with Crippen LogP contribution in [-0.2, 0) is 27.0 Å². The van der Waals surface area contributed by atoms with E-state index in [9.17, 15) is 18.3 Å². The predicted octanol–water partition coefficient (Wildman–Crippen LogP) is 0.457. The second-order valence-electron chi connectivity index (χ2n) is 5.23. The lowest BCUT2D eigenvalue weighted by Gasteiger charge is -2.26. The zero-order valence-corrected chi connectivity index (χ0v) is 13.4. The summed E-state index contributed by atoms with van der Waals surface area (Å²) in [6.45, 7) is 0.0519. The zero-order chi connectivity index (χ0) is 17.1. The smallest absolute Gasteiger partial charge is 0.258 e. The molecule has 0 spiro atoms. The summed E-state index contributed by atoms with van der Waals surface area (Å²) < 4.78 is 24.7. The molecule has 122 valence electrons. The molecule has 0 aliphatic carbocycles. The van der Waals surface area contributed by atoms with Crippen LogP contribution in [0.4, 0.5) is 0 Å². The molecular weight excluding hydrogens is 316 g/mol. The summed E-state index contributed by atoms with van der Waals surface area (Å²) in [5.41, 5.74) is 4.67. The molecule has 1 unspecified atom stereocenters. The molecule has 7 heteroatoms. The van der Waals surface area contributed by atoms with Gasteiger partial charge in [-0.15, -0.1) is 0 Å². The summed E-state index contributed by atoms with van der Waals surface area (Å²) in [5, 5.41) is 10.9. The Morgan fingerprint density at radius 1 is 1.13 bits per heavy atom. The van der Waals surface area contributed by atoms with Crippen LogP contribution in [0.2, 0.25) is 0 Å². The minimum atomic E-state index is -3.34. The van der Waals surface area contributed by atoms with Crippen LogP contribution in [-0.4, -0.2) is 25.7 Å². The Morgan fingerprint density at radius 3 is 2.30 bits per heavy atom. The number of nitrogens with one attached hydrogen (secondary N) is 1. The van der Waals surface area contributed by atoms with Gasteiger partial charge in [0.2, 0.25) is 10.0 Å². The van der Waals surface area contributed by atoms with Gasteiger partial charge in [0.05, 0.1) is 6.26 Å². The molecule has 2 rings (SSSR count). The summed E-state index contributed by atoms with van der Waals surface area (Å²) in [6, 6.07) is 14.8. The van der Waals surface area contributed by atoms with Crippen LogP contribution in [0.5, 0.6) is 0 Å². The number of carbonyl (C=O) groups is 1. The number of nitrogens with two attached hydrogens (primary N) is 1. The molecular formula is C16H18N2O4S. The summed E-state index contributed by atoms with van der Waals surface area (Å²) in [6.07, 6.45) is 1.06. The molecule has 1 atom stereocenters. The second kappa shape index (κ2) is 6.49. The maximum atomic E-state index is 11.9. The highest BCUT2D eigenvalue weighted by Gasteiger charge is 2.38. The van der Waals surface area contributed by atoms with Gasteiger partial charge in [0, 0.05) is 6.54 Å². The number of aliphatic hydroxyl groups is 1. The van der Waals surface area contributed by atoms with Crippen LogP contribution in [0.1, 0.15) is 16.7 Å². The van der Waals surface area contributed by atoms with Gasteiger partial charge in [-0.05, 0) is 16.7 Å². The Bertz CT molecular complexity index is 806. The Balaban J connectivity index is 2.43. The topological polar surface area (TPSA) is 109 Å². The fourth-order valence-corrected chi connectivity index (χ4v) is 2.68. The van der Waals surface area contributed by atoms with Crippen molar-refractivity contribution in [2.24, 2.45) is 5.73 Å². The zero-order valence-electron chi connectivity index (χ0n) is 12.6. The van der Waals surface area contributed by atoms with Crippen molar-refractivity contribution < 1.29 is 18.3 Å². The number of hydrogen-bond donors (Lipinski definition) is 3. The number of amides is 1. The summed E-state index contributed by atoms with van der Waals surface area (Å²) >= 11 is 0. The van der Waals surface area contributed by atoms with Gasteiger partial charge in [0.1, 0.15) is 0 Å². The standard InChI is InChI=1S/C16H18N2O4S/c1-23(21,22)18-11-12-6-5-9-14(10-12)16(20,15(17)19)13-7-3-2-4-8-13/h2-10,18,20H,11H2,1H3,(H2,17,19). The molecule has 0 heterocycles. The van der Waals surface area contributed by atoms with Crippen molar-refractivity contribution in [1.29, 1.82) is 0 Å². The Hall–Kier alpha value is -2.22. The van der Waals surface area contributed by atoms with E-state index in [2.05, 4.69) is 4.72 Å². The van der Waals surface area contributed by atoms with Gasteiger partial charge in [-0.2, -0.15) is 0 Å². The highest BCUT2D eigenvalue weighted by Crippen LogP contribution is 2.29. The van der Waals surface area contributed by atoms with Crippen molar-refractivity contribution in [3.8, 4) is 0 Å². The average molecular weight is 334 g/mol. The molecule has 23 heavy (non-hydrogen) atoms. The van der Waals surface area contributed by atoms with E-state index in [0.717, 1.165) is 6.26 Å². The summed E-state index contributed by atoms with van der Waals surface area (Å²) in [5.74, 6) is -0.906. The Kier molecular flexibility index (Phi) is 4.84. The monoisotopic (exact) mass is 334 g/mol. The largest absolute Gasteiger partial charge is 0.372 e. The van der Waals surface area contributed by atoms with E-state index in [1.54, 1.807) is 54.6 Å². The van der Waals surface area contributed by atoms with Crippen molar-refractivity contribution in [2.45, 2.75) is 12.1 Å². The average Bonchev–Trinajstić information content (AvgIpc) is 2.52. The lowest BCUT2D eigenvalue weighted by molar-refractivity contribution is -0.133. The van der Waals surface area contributed by atoms with Crippen LogP contribution in [0.15, 0.2) is 54.6 Å². The first-order valence-electron chi connectivity index (χ1n) is 6.85. The molecule has 0 radical (unpaired) electrons. The van der Waals surface area contributed by atoms with Gasteiger partial charge in [-0.1, -0.05) is 54.6 Å². The van der Waals surface area contributed by atoms with Gasteiger partial charge in [-0.25, -0.2) is 13.1 Å². The molecule has 0 fully saturated rings. The number of primary amides is 1. The van der Waals surface area contributed by atoms with E-state index in [-0.39, 0.29) is 12.1 Å². The third-order valence-electron chi connectivity index (χ3n) is 3.43. The normalized spacial score (nSPS) is 14.2. The maximum absolute atomic E-state index is 11.9. The van der Waals surface area contributed by atoms with Gasteiger partial charge in [0.15, 0.2) is 5.60 Å². The summed E-state index contributed by atoms with van der Waals surface area (Å²) in [4.78, 5) is 11.9. The van der Waals surface area contributed by atoms with E-state index < -0.39 is 21.5 Å². The fourth-order valence-electron chi connectivity index (χ4n) is 2.25. The Labute approximate surface area is 135 Å². The molecule has 0 aromatic heterocycles. The van der Waals surface area contributed by atoms with E-state index in [4.69, 9.17) is 5.73 Å². The van der Waals surface area contributed by atoms with E-state index >= 15 is 0 Å². The van der Waals surface area contributed by atoms with Crippen molar-refractivity contribution in [3.05, 3.63) is 71.3 Å². The molecule has 0 bridgehead atoms. The molecule has 0 saturated carbocycles. The van der Waals surface area contributed by atoms with E-state index in [1.165, 1.54) is 0 Å². The van der Waals surface area contributed by atoms with Gasteiger partial charge < -0.3 is 10.8 Å². The molecule has 2 aromatic carbocycles. The number of carbonyl (C=O) groups excluding carboxylic acids is 1. The Morgan fingerprint density at radius 2 is 1.74 bits per heavy atom. The van der Waals surface area contributed by atoms with Crippen LogP contribution in [0, 0.1) is 0 Å². The first kappa shape index (κ1) is 17.1. The van der Waals surface area contributed by atoms with Gasteiger partial charge in [0.25, 0.3) is 5.91 Å². The van der Waals surface area contributed by atoms with Crippen molar-refractivity contribution >= 4 is 15.9 Å². The van der Waals surface area contributed by atoms with Gasteiger partial charge in [-0.3, -0.25) is 4.79 Å². The third kappa shape index (κ3) is 3.95. The summed E-state index contributed by atoms with van der Waals surface area (Å²) in [7, 11) is -3.34. The first-order valence-corrected chi connectivity index (χ1v) is 8.74. The van der Waals surface area contributed by atoms with Crippen LogP contribution in [0.3, 0.4) is 0 Å². The van der Waals surface area contributed by atoms with E-state index in [1.807, 2.05) is 0 Å². The van der Waals surface area contributed by atoms with E-state index in [0.29, 0.717) is 11.1 Å². The highest BCUT2D eigenvalue weighted by atomic mass is 32.2. The van der Waals surface area contributed by atoms with Crippen LogP contribution in [0.25, 0.3) is 0 Å². The fraction of sp³-hybridized carbons (Fsp3) is 0.188. The highest BCUT2D eigenvalue weighted by molar-refractivity contribution is 7.88. The predicted molar refractivity (Wildman–Crippen MR) is 86.8 cm³/mol. The number of benzene rings is 2. The SMILES string of the molecule is CS(=O)(=O)NCc1cccc(C(O)(C(N)=O)c2ccccc2)c1. The molecule has 0 saturated heterocycles. The van der Waals surface area contributed by atoms with Crippen molar-refractivity contribution in [3.63, 3.8) is 0 Å². The lowest BCUT2D eigenvalue weighted by atomic mass is 9.85. The first-order chi connectivity index (χ1) is 10.7. The second-order valence-corrected chi connectivity index (χ2v) is 7.07. The molecule has 6 nitrogen and oxygen atoms in total. The quantitative estimate of drug-likeness (QED) is 0.713. The minimum Gasteiger partial charge on any atom is -0.372 e.